The molecule has 3 heterocycles. The molecule has 0 saturated heterocycles. The van der Waals surface area contributed by atoms with Crippen LogP contribution in [0.1, 0.15) is 101 Å². The summed E-state index contributed by atoms with van der Waals surface area (Å²) in [5.41, 5.74) is 9.04. The zero-order valence-corrected chi connectivity index (χ0v) is 33.0. The zero-order valence-electron chi connectivity index (χ0n) is 32.1. The summed E-state index contributed by atoms with van der Waals surface area (Å²) in [7, 11) is -4.05. The average Bonchev–Trinajstić information content (AvgIpc) is 3.44. The fourth-order valence-electron chi connectivity index (χ4n) is 10.4. The number of fused-ring (bicyclic) bond motifs is 10. The lowest BCUT2D eigenvalue weighted by molar-refractivity contribution is -0.137. The van der Waals surface area contributed by atoms with Crippen molar-refractivity contribution < 1.29 is 27.6 Å². The molecule has 8 rings (SSSR count). The van der Waals surface area contributed by atoms with E-state index in [1.807, 2.05) is 0 Å². The van der Waals surface area contributed by atoms with Crippen LogP contribution < -0.4 is 4.90 Å². The Balaban J connectivity index is 1.27. The molecule has 1 aliphatic carbocycles. The van der Waals surface area contributed by atoms with E-state index in [2.05, 4.69) is 97.6 Å². The van der Waals surface area contributed by atoms with Crippen molar-refractivity contribution in [2.75, 3.05) is 17.2 Å². The maximum atomic E-state index is 11.7. The highest BCUT2D eigenvalue weighted by atomic mass is 32.2. The number of unbranched alkanes of at least 4 members (excludes halogenated alkanes) is 3. The van der Waals surface area contributed by atoms with Crippen molar-refractivity contribution in [1.82, 2.24) is 0 Å². The summed E-state index contributed by atoms with van der Waals surface area (Å²) in [6.07, 6.45) is 11.1. The van der Waals surface area contributed by atoms with Crippen molar-refractivity contribution in [1.29, 1.82) is 0 Å². The first-order valence-electron chi connectivity index (χ1n) is 20.2. The molecule has 4 unspecified atom stereocenters. The highest BCUT2D eigenvalue weighted by Crippen LogP contribution is 2.58. The monoisotopic (exact) mass is 759 g/mol. The van der Waals surface area contributed by atoms with Crippen LogP contribution in [0.4, 0.5) is 5.69 Å². The van der Waals surface area contributed by atoms with Gasteiger partial charge in [0.2, 0.25) is 0 Å². The van der Waals surface area contributed by atoms with Crippen molar-refractivity contribution in [2.45, 2.75) is 114 Å². The summed E-state index contributed by atoms with van der Waals surface area (Å²) in [4.78, 5) is 13.9. The van der Waals surface area contributed by atoms with Gasteiger partial charge in [-0.2, -0.15) is 8.42 Å². The molecular formula is C47H53NO6S. The van der Waals surface area contributed by atoms with Crippen LogP contribution in [-0.2, 0) is 36.9 Å². The third kappa shape index (κ3) is 6.85. The normalized spacial score (nSPS) is 25.0. The number of rotatable bonds is 11. The van der Waals surface area contributed by atoms with Gasteiger partial charge in [0.15, 0.2) is 0 Å². The highest BCUT2D eigenvalue weighted by molar-refractivity contribution is 7.85. The number of nitrogens with zero attached hydrogens (tertiary/aromatic N) is 1. The van der Waals surface area contributed by atoms with E-state index in [0.717, 1.165) is 69.1 Å². The number of anilines is 1. The number of benzene rings is 4. The standard InChI is InChI=1S/C47H53NO6S/c1-31-37-30-38-42(25-28-48-44-35-17-9-7-15-33(35)22-24-40(44)47(3,45(38)48)27-11-12-29-55(51,52)53)54-41(37)19-13-18-36-34-16-8-6-14-32(34)21-23-39(36)46(31,2)26-10-4-5-20-43(49)50/h6-9,14-17,21-24,30,41-42H,1,4-5,10-13,18-20,25-29H2,2-3H3,(H,49,50)(H,51,52,53). The van der Waals surface area contributed by atoms with Crippen LogP contribution >= 0.6 is 0 Å². The lowest BCUT2D eigenvalue weighted by Crippen LogP contribution is -2.43. The van der Waals surface area contributed by atoms with Gasteiger partial charge in [-0.25, -0.2) is 0 Å². The molecule has 4 aliphatic rings. The molecule has 4 aromatic rings. The molecular weight excluding hydrogens is 707 g/mol. The Bertz CT molecular complexity index is 2360. The van der Waals surface area contributed by atoms with Crippen LogP contribution in [0.5, 0.6) is 0 Å². The molecule has 0 bridgehead atoms. The third-order valence-electron chi connectivity index (χ3n) is 13.2. The van der Waals surface area contributed by atoms with E-state index in [0.29, 0.717) is 19.3 Å². The van der Waals surface area contributed by atoms with Crippen LogP contribution in [0.2, 0.25) is 0 Å². The Hall–Kier alpha value is -4.24. The van der Waals surface area contributed by atoms with Gasteiger partial charge in [-0.15, -0.1) is 0 Å². The Morgan fingerprint density at radius 1 is 0.836 bits per heavy atom. The number of aliphatic carboxylic acids is 1. The molecule has 4 aromatic carbocycles. The van der Waals surface area contributed by atoms with Gasteiger partial charge < -0.3 is 14.7 Å². The molecule has 0 spiro atoms. The minimum atomic E-state index is -4.05. The van der Waals surface area contributed by atoms with E-state index in [9.17, 15) is 22.9 Å². The summed E-state index contributed by atoms with van der Waals surface area (Å²) in [6.45, 7) is 10.4. The van der Waals surface area contributed by atoms with Crippen LogP contribution in [0, 0.1) is 0 Å². The summed E-state index contributed by atoms with van der Waals surface area (Å²) < 4.78 is 40.2. The van der Waals surface area contributed by atoms with E-state index < -0.39 is 26.9 Å². The van der Waals surface area contributed by atoms with Gasteiger partial charge in [-0.1, -0.05) is 106 Å². The predicted octanol–water partition coefficient (Wildman–Crippen LogP) is 10.4. The number of allylic oxidation sites excluding steroid dienone is 1. The van der Waals surface area contributed by atoms with Gasteiger partial charge >= 0.3 is 5.97 Å². The molecule has 2 N–H and O–H groups in total. The highest BCUT2D eigenvalue weighted by Gasteiger charge is 2.50. The van der Waals surface area contributed by atoms with Crippen molar-refractivity contribution in [3.05, 3.63) is 125 Å². The van der Waals surface area contributed by atoms with Crippen molar-refractivity contribution in [3.8, 4) is 0 Å². The Labute approximate surface area is 325 Å². The van der Waals surface area contributed by atoms with Gasteiger partial charge in [0, 0.05) is 40.5 Å². The third-order valence-corrected chi connectivity index (χ3v) is 14.0. The molecule has 0 aromatic heterocycles. The van der Waals surface area contributed by atoms with Crippen LogP contribution in [0.3, 0.4) is 0 Å². The van der Waals surface area contributed by atoms with E-state index in [1.54, 1.807) is 0 Å². The summed E-state index contributed by atoms with van der Waals surface area (Å²) in [6, 6.07) is 26.3. The van der Waals surface area contributed by atoms with Crippen LogP contribution in [0.25, 0.3) is 21.5 Å². The van der Waals surface area contributed by atoms with Crippen molar-refractivity contribution >= 4 is 43.3 Å². The predicted molar refractivity (Wildman–Crippen MR) is 221 cm³/mol. The maximum absolute atomic E-state index is 11.7. The number of hydrogen-bond acceptors (Lipinski definition) is 5. The van der Waals surface area contributed by atoms with E-state index in [4.69, 9.17) is 11.3 Å². The molecule has 7 nitrogen and oxygen atoms in total. The van der Waals surface area contributed by atoms with E-state index >= 15 is 0 Å². The summed E-state index contributed by atoms with van der Waals surface area (Å²) >= 11 is 0. The van der Waals surface area contributed by atoms with E-state index in [-0.39, 0.29) is 24.4 Å². The van der Waals surface area contributed by atoms with Gasteiger partial charge in [-0.3, -0.25) is 9.35 Å². The van der Waals surface area contributed by atoms with Gasteiger partial charge in [-0.05, 0) is 108 Å². The molecule has 4 atom stereocenters. The lowest BCUT2D eigenvalue weighted by Gasteiger charge is -2.44. The SMILES string of the molecule is C=C1C2=CC3=C4N(CCC3OC2CCCc2c(ccc3ccccc23)C1(C)CCCCCC(=O)O)c1c(ccc2ccccc12)C4(C)CCCCS(=O)(=O)O. The average molecular weight is 760 g/mol. The van der Waals surface area contributed by atoms with Crippen LogP contribution in [-0.4, -0.2) is 48.6 Å². The van der Waals surface area contributed by atoms with Crippen molar-refractivity contribution in [2.24, 2.45) is 0 Å². The summed E-state index contributed by atoms with van der Waals surface area (Å²) in [5.74, 6) is -0.994. The number of carboxylic acids is 1. The number of aryl methyl sites for hydroxylation is 1. The first-order valence-corrected chi connectivity index (χ1v) is 21.8. The molecule has 0 radical (unpaired) electrons. The summed E-state index contributed by atoms with van der Waals surface area (Å²) in [5, 5.41) is 14.3. The van der Waals surface area contributed by atoms with Crippen molar-refractivity contribution in [3.63, 3.8) is 0 Å². The molecule has 0 amide bonds. The number of hydrogen-bond donors (Lipinski definition) is 2. The fourth-order valence-corrected chi connectivity index (χ4v) is 11.0. The van der Waals surface area contributed by atoms with Gasteiger partial charge in [0.25, 0.3) is 10.1 Å². The molecule has 3 aliphatic heterocycles. The first kappa shape index (κ1) is 37.7. The topological polar surface area (TPSA) is 104 Å². The number of carboxylic acid groups (broad SMARTS) is 1. The quantitative estimate of drug-likeness (QED) is 0.116. The second-order valence-electron chi connectivity index (χ2n) is 16.7. The number of ether oxygens (including phenoxy) is 1. The minimum Gasteiger partial charge on any atom is -0.481 e. The largest absolute Gasteiger partial charge is 0.481 e. The van der Waals surface area contributed by atoms with E-state index in [1.165, 1.54) is 55.2 Å². The zero-order chi connectivity index (χ0) is 38.5. The Morgan fingerprint density at radius 2 is 1.51 bits per heavy atom. The molecule has 55 heavy (non-hydrogen) atoms. The molecule has 8 heteroatoms. The first-order chi connectivity index (χ1) is 26.4. The maximum Gasteiger partial charge on any atom is 0.303 e. The molecule has 288 valence electrons. The lowest BCUT2D eigenvalue weighted by atomic mass is 9.67. The number of carbonyl (C=O) groups is 1. The molecule has 0 fully saturated rings. The fraction of sp³-hybridized carbons (Fsp3) is 0.426. The second kappa shape index (κ2) is 14.7. The smallest absolute Gasteiger partial charge is 0.303 e. The Morgan fingerprint density at radius 3 is 2.25 bits per heavy atom. The van der Waals surface area contributed by atoms with Crippen LogP contribution in [0.15, 0.2) is 108 Å². The Kier molecular flexibility index (Phi) is 10.1. The van der Waals surface area contributed by atoms with Gasteiger partial charge in [0.1, 0.15) is 0 Å². The van der Waals surface area contributed by atoms with Gasteiger partial charge in [0.05, 0.1) is 23.6 Å². The minimum absolute atomic E-state index is 0.0724. The molecule has 0 saturated carbocycles. The second-order valence-corrected chi connectivity index (χ2v) is 18.3.